The summed E-state index contributed by atoms with van der Waals surface area (Å²) in [6, 6.07) is 9.29. The van der Waals surface area contributed by atoms with Crippen molar-refractivity contribution in [3.05, 3.63) is 58.0 Å². The highest BCUT2D eigenvalue weighted by Gasteiger charge is 2.24. The highest BCUT2D eigenvalue weighted by Crippen LogP contribution is 2.30. The van der Waals surface area contributed by atoms with Crippen molar-refractivity contribution in [3.63, 3.8) is 0 Å². The van der Waals surface area contributed by atoms with Crippen molar-refractivity contribution in [3.8, 4) is 0 Å². The van der Waals surface area contributed by atoms with Crippen LogP contribution in [0.2, 0.25) is 0 Å². The average molecular weight is 276 g/mol. The molecule has 0 radical (unpaired) electrons. The van der Waals surface area contributed by atoms with Gasteiger partial charge in [0.1, 0.15) is 5.82 Å². The average Bonchev–Trinajstić information content (AvgIpc) is 2.94. The van der Waals surface area contributed by atoms with E-state index in [0.717, 1.165) is 31.7 Å². The predicted octanol–water partition coefficient (Wildman–Crippen LogP) is 2.88. The molecule has 2 aromatic rings. The normalized spacial score (nSPS) is 18.4. The van der Waals surface area contributed by atoms with Gasteiger partial charge in [-0.15, -0.1) is 0 Å². The molecule has 1 saturated heterocycles. The van der Waals surface area contributed by atoms with Gasteiger partial charge in [0.05, 0.1) is 6.04 Å². The fourth-order valence-corrected chi connectivity index (χ4v) is 3.34. The van der Waals surface area contributed by atoms with Crippen LogP contribution in [-0.2, 0) is 0 Å². The van der Waals surface area contributed by atoms with Crippen molar-refractivity contribution in [2.75, 3.05) is 26.2 Å². The van der Waals surface area contributed by atoms with Crippen molar-refractivity contribution in [1.82, 2.24) is 10.2 Å². The number of piperazine rings is 1. The largest absolute Gasteiger partial charge is 0.314 e. The maximum Gasteiger partial charge on any atom is 0.123 e. The topological polar surface area (TPSA) is 15.3 Å². The molecule has 1 aliphatic rings. The van der Waals surface area contributed by atoms with Crippen LogP contribution < -0.4 is 5.32 Å². The Hall–Kier alpha value is -1.23. The number of hydrogen-bond donors (Lipinski definition) is 1. The van der Waals surface area contributed by atoms with E-state index in [2.05, 4.69) is 27.0 Å². The van der Waals surface area contributed by atoms with Crippen LogP contribution in [0.4, 0.5) is 4.39 Å². The summed E-state index contributed by atoms with van der Waals surface area (Å²) in [5.41, 5.74) is 2.30. The van der Waals surface area contributed by atoms with Gasteiger partial charge in [0.15, 0.2) is 0 Å². The van der Waals surface area contributed by atoms with Crippen molar-refractivity contribution >= 4 is 11.3 Å². The van der Waals surface area contributed by atoms with Gasteiger partial charge in [-0.1, -0.05) is 12.1 Å². The Kier molecular flexibility index (Phi) is 3.92. The molecule has 1 aromatic carbocycles. The van der Waals surface area contributed by atoms with E-state index in [4.69, 9.17) is 0 Å². The second-order valence-corrected chi connectivity index (χ2v) is 5.58. The molecule has 2 nitrogen and oxygen atoms in total. The number of benzene rings is 1. The van der Waals surface area contributed by atoms with E-state index in [1.54, 1.807) is 23.5 Å². The van der Waals surface area contributed by atoms with E-state index < -0.39 is 0 Å². The Balaban J connectivity index is 1.96. The van der Waals surface area contributed by atoms with Crippen molar-refractivity contribution < 1.29 is 4.39 Å². The van der Waals surface area contributed by atoms with Crippen LogP contribution in [0.25, 0.3) is 0 Å². The van der Waals surface area contributed by atoms with Crippen LogP contribution in [0, 0.1) is 5.82 Å². The first kappa shape index (κ1) is 12.8. The molecule has 100 valence electrons. The zero-order valence-electron chi connectivity index (χ0n) is 10.7. The number of hydrogen-bond acceptors (Lipinski definition) is 3. The van der Waals surface area contributed by atoms with E-state index in [1.165, 1.54) is 11.6 Å². The predicted molar refractivity (Wildman–Crippen MR) is 77.0 cm³/mol. The molecule has 0 unspecified atom stereocenters. The van der Waals surface area contributed by atoms with Gasteiger partial charge in [-0.25, -0.2) is 4.39 Å². The molecule has 1 fully saturated rings. The molecule has 1 N–H and O–H groups in total. The second kappa shape index (κ2) is 5.82. The third-order valence-electron chi connectivity index (χ3n) is 3.54. The monoisotopic (exact) mass is 276 g/mol. The lowest BCUT2D eigenvalue weighted by atomic mass is 9.99. The quantitative estimate of drug-likeness (QED) is 0.927. The molecular formula is C15H17FN2S. The lowest BCUT2D eigenvalue weighted by Gasteiger charge is -2.35. The number of rotatable bonds is 3. The summed E-state index contributed by atoms with van der Waals surface area (Å²) >= 11 is 1.69. The van der Waals surface area contributed by atoms with Gasteiger partial charge >= 0.3 is 0 Å². The van der Waals surface area contributed by atoms with Gasteiger partial charge in [0.2, 0.25) is 0 Å². The molecule has 3 rings (SSSR count). The molecule has 0 aliphatic carbocycles. The molecule has 1 aliphatic heterocycles. The van der Waals surface area contributed by atoms with Gasteiger partial charge in [-0.05, 0) is 40.1 Å². The van der Waals surface area contributed by atoms with Crippen LogP contribution >= 0.6 is 11.3 Å². The molecule has 19 heavy (non-hydrogen) atoms. The molecular weight excluding hydrogens is 259 g/mol. The summed E-state index contributed by atoms with van der Waals surface area (Å²) in [7, 11) is 0. The highest BCUT2D eigenvalue weighted by molar-refractivity contribution is 7.08. The van der Waals surface area contributed by atoms with Crippen LogP contribution in [-0.4, -0.2) is 31.1 Å². The van der Waals surface area contributed by atoms with Crippen molar-refractivity contribution in [2.45, 2.75) is 6.04 Å². The summed E-state index contributed by atoms with van der Waals surface area (Å²) in [5.74, 6) is -0.159. The van der Waals surface area contributed by atoms with E-state index >= 15 is 0 Å². The Morgan fingerprint density at radius 2 is 2.00 bits per heavy atom. The first-order valence-corrected chi connectivity index (χ1v) is 7.51. The minimum absolute atomic E-state index is 0.159. The summed E-state index contributed by atoms with van der Waals surface area (Å²) in [5, 5.41) is 7.62. The third kappa shape index (κ3) is 2.86. The fourth-order valence-electron chi connectivity index (χ4n) is 2.66. The zero-order chi connectivity index (χ0) is 13.1. The first-order valence-electron chi connectivity index (χ1n) is 6.57. The highest BCUT2D eigenvalue weighted by atomic mass is 32.1. The number of thiophene rings is 1. The van der Waals surface area contributed by atoms with Gasteiger partial charge in [0.25, 0.3) is 0 Å². The minimum atomic E-state index is -0.159. The summed E-state index contributed by atoms with van der Waals surface area (Å²) in [6.45, 7) is 3.99. The summed E-state index contributed by atoms with van der Waals surface area (Å²) in [4.78, 5) is 2.42. The van der Waals surface area contributed by atoms with Gasteiger partial charge in [-0.2, -0.15) is 11.3 Å². The Labute approximate surface area is 116 Å². The molecule has 0 bridgehead atoms. The Bertz CT molecular complexity index is 521. The number of halogens is 1. The number of nitrogens with zero attached hydrogens (tertiary/aromatic N) is 1. The van der Waals surface area contributed by atoms with Gasteiger partial charge in [0, 0.05) is 26.2 Å². The summed E-state index contributed by atoms with van der Waals surface area (Å²) < 4.78 is 13.5. The van der Waals surface area contributed by atoms with Crippen LogP contribution in [0.15, 0.2) is 41.1 Å². The lowest BCUT2D eigenvalue weighted by molar-refractivity contribution is 0.198. The van der Waals surface area contributed by atoms with E-state index in [1.807, 2.05) is 6.07 Å². The third-order valence-corrected chi connectivity index (χ3v) is 4.24. The maximum atomic E-state index is 13.5. The first-order chi connectivity index (χ1) is 9.34. The molecule has 1 atom stereocenters. The van der Waals surface area contributed by atoms with E-state index in [9.17, 15) is 4.39 Å². The summed E-state index contributed by atoms with van der Waals surface area (Å²) in [6.07, 6.45) is 0. The smallest absolute Gasteiger partial charge is 0.123 e. The molecule has 1 aromatic heterocycles. The number of nitrogens with one attached hydrogen (secondary N) is 1. The van der Waals surface area contributed by atoms with E-state index in [0.29, 0.717) is 0 Å². The van der Waals surface area contributed by atoms with E-state index in [-0.39, 0.29) is 11.9 Å². The van der Waals surface area contributed by atoms with Crippen molar-refractivity contribution in [1.29, 1.82) is 0 Å². The maximum absolute atomic E-state index is 13.5. The van der Waals surface area contributed by atoms with Gasteiger partial charge < -0.3 is 5.32 Å². The lowest BCUT2D eigenvalue weighted by Crippen LogP contribution is -2.45. The van der Waals surface area contributed by atoms with Crippen molar-refractivity contribution in [2.24, 2.45) is 0 Å². The second-order valence-electron chi connectivity index (χ2n) is 4.80. The van der Waals surface area contributed by atoms with Crippen LogP contribution in [0.5, 0.6) is 0 Å². The Morgan fingerprint density at radius 1 is 1.16 bits per heavy atom. The van der Waals surface area contributed by atoms with Gasteiger partial charge in [-0.3, -0.25) is 4.90 Å². The Morgan fingerprint density at radius 3 is 2.68 bits per heavy atom. The van der Waals surface area contributed by atoms with Crippen LogP contribution in [0.1, 0.15) is 17.2 Å². The van der Waals surface area contributed by atoms with Crippen LogP contribution in [0.3, 0.4) is 0 Å². The molecule has 0 saturated carbocycles. The molecule has 0 amide bonds. The minimum Gasteiger partial charge on any atom is -0.314 e. The molecule has 4 heteroatoms. The molecule has 2 heterocycles. The SMILES string of the molecule is Fc1cccc([C@@H](c2ccsc2)N2CCNCC2)c1. The standard InChI is InChI=1S/C15H17FN2S/c16-14-3-1-2-12(10-14)15(13-4-9-19-11-13)18-7-5-17-6-8-18/h1-4,9-11,15,17H,5-8H2/t15-/m0/s1. The fraction of sp³-hybridized carbons (Fsp3) is 0.333. The molecule has 0 spiro atoms. The zero-order valence-corrected chi connectivity index (χ0v) is 11.5.